The number of aryl methyl sites for hydroxylation is 1. The van der Waals surface area contributed by atoms with E-state index in [4.69, 9.17) is 6.42 Å². The van der Waals surface area contributed by atoms with Crippen LogP contribution in [0.3, 0.4) is 0 Å². The molecular weight excluding hydrogens is 266 g/mol. The molecule has 1 N–H and O–H groups in total. The Morgan fingerprint density at radius 2 is 1.73 bits per heavy atom. The molecule has 0 bridgehead atoms. The van der Waals surface area contributed by atoms with Crippen molar-refractivity contribution in [3.8, 4) is 12.3 Å². The molecule has 0 amide bonds. The third kappa shape index (κ3) is 1.74. The normalized spacial score (nSPS) is 17.1. The Bertz CT molecular complexity index is 862. The van der Waals surface area contributed by atoms with Crippen LogP contribution in [-0.4, -0.2) is 4.98 Å². The number of terminal acetylenes is 1. The molecule has 1 saturated carbocycles. The van der Waals surface area contributed by atoms with Crippen LogP contribution < -0.4 is 0 Å². The van der Waals surface area contributed by atoms with Gasteiger partial charge < -0.3 is 4.98 Å². The van der Waals surface area contributed by atoms with Crippen LogP contribution in [0.15, 0.2) is 54.6 Å². The lowest BCUT2D eigenvalue weighted by Gasteiger charge is -2.30. The van der Waals surface area contributed by atoms with Crippen LogP contribution in [0, 0.1) is 25.2 Å². The van der Waals surface area contributed by atoms with Crippen molar-refractivity contribution in [1.29, 1.82) is 0 Å². The van der Waals surface area contributed by atoms with Gasteiger partial charge in [0, 0.05) is 22.2 Å². The van der Waals surface area contributed by atoms with Crippen LogP contribution in [0.1, 0.15) is 29.7 Å². The summed E-state index contributed by atoms with van der Waals surface area (Å²) in [7, 11) is 0. The molecule has 0 radical (unpaired) electrons. The zero-order chi connectivity index (χ0) is 15.2. The summed E-state index contributed by atoms with van der Waals surface area (Å²) in [6, 6.07) is 19.1. The predicted octanol–water partition coefficient (Wildman–Crippen LogP) is 4.81. The number of aromatic amines is 1. The summed E-state index contributed by atoms with van der Waals surface area (Å²) >= 11 is 0. The molecule has 0 saturated heterocycles. The minimum absolute atomic E-state index is 0.315. The summed E-state index contributed by atoms with van der Waals surface area (Å²) < 4.78 is 0. The standard InChI is InChI=1S/C21H19N/c1-3-21(17-13-14-17,16-9-5-4-6-10-16)20-15(2)22-19-12-8-7-11-18(19)20/h1,4-12,17,22H,13-14H2,2H3. The maximum absolute atomic E-state index is 6.17. The monoisotopic (exact) mass is 285 g/mol. The van der Waals surface area contributed by atoms with Crippen LogP contribution in [0.4, 0.5) is 0 Å². The van der Waals surface area contributed by atoms with Crippen molar-refractivity contribution in [1.82, 2.24) is 4.98 Å². The molecule has 0 aliphatic heterocycles. The lowest BCUT2D eigenvalue weighted by Crippen LogP contribution is -2.29. The SMILES string of the molecule is C#CC(c1ccccc1)(c1c(C)[nH]c2ccccc12)C1CC1. The molecule has 1 fully saturated rings. The van der Waals surface area contributed by atoms with Gasteiger partial charge in [-0.25, -0.2) is 0 Å². The number of nitrogens with one attached hydrogen (secondary N) is 1. The highest BCUT2D eigenvalue weighted by atomic mass is 14.7. The molecule has 22 heavy (non-hydrogen) atoms. The number of rotatable bonds is 3. The van der Waals surface area contributed by atoms with Gasteiger partial charge in [0.1, 0.15) is 0 Å². The first-order valence-electron chi connectivity index (χ1n) is 7.88. The Morgan fingerprint density at radius 3 is 2.41 bits per heavy atom. The average Bonchev–Trinajstić information content (AvgIpc) is 3.34. The smallest absolute Gasteiger partial charge is 0.0860 e. The molecule has 1 aliphatic carbocycles. The molecule has 1 atom stereocenters. The highest BCUT2D eigenvalue weighted by Crippen LogP contribution is 2.53. The van der Waals surface area contributed by atoms with E-state index in [0.717, 1.165) is 0 Å². The van der Waals surface area contributed by atoms with Crippen LogP contribution >= 0.6 is 0 Å². The van der Waals surface area contributed by atoms with E-state index in [2.05, 4.69) is 72.4 Å². The molecular formula is C21H19N. The number of H-pyrrole nitrogens is 1. The van der Waals surface area contributed by atoms with Crippen molar-refractivity contribution in [2.75, 3.05) is 0 Å². The van der Waals surface area contributed by atoms with E-state index in [1.807, 2.05) is 0 Å². The summed E-state index contributed by atoms with van der Waals surface area (Å²) in [5.41, 5.74) is 4.58. The average molecular weight is 285 g/mol. The van der Waals surface area contributed by atoms with E-state index >= 15 is 0 Å². The van der Waals surface area contributed by atoms with E-state index in [-0.39, 0.29) is 5.41 Å². The first kappa shape index (κ1) is 13.2. The van der Waals surface area contributed by atoms with Gasteiger partial charge in [-0.15, -0.1) is 6.42 Å². The largest absolute Gasteiger partial charge is 0.358 e. The van der Waals surface area contributed by atoms with Crippen molar-refractivity contribution < 1.29 is 0 Å². The molecule has 108 valence electrons. The zero-order valence-corrected chi connectivity index (χ0v) is 12.8. The van der Waals surface area contributed by atoms with Gasteiger partial charge in [0.05, 0.1) is 5.41 Å². The molecule has 1 aromatic heterocycles. The fourth-order valence-electron chi connectivity index (χ4n) is 3.86. The third-order valence-corrected chi connectivity index (χ3v) is 4.93. The number of aromatic nitrogens is 1. The van der Waals surface area contributed by atoms with Crippen molar-refractivity contribution in [3.05, 3.63) is 71.4 Å². The molecule has 1 aliphatic rings. The molecule has 1 nitrogen and oxygen atoms in total. The van der Waals surface area contributed by atoms with E-state index in [0.29, 0.717) is 5.92 Å². The summed E-state index contributed by atoms with van der Waals surface area (Å²) in [4.78, 5) is 3.52. The van der Waals surface area contributed by atoms with Gasteiger partial charge in [-0.1, -0.05) is 54.5 Å². The van der Waals surface area contributed by atoms with Crippen LogP contribution in [0.2, 0.25) is 0 Å². The van der Waals surface area contributed by atoms with Crippen molar-refractivity contribution in [3.63, 3.8) is 0 Å². The number of para-hydroxylation sites is 1. The highest BCUT2D eigenvalue weighted by Gasteiger charge is 2.48. The Balaban J connectivity index is 2.07. The fourth-order valence-corrected chi connectivity index (χ4v) is 3.86. The number of fused-ring (bicyclic) bond motifs is 1. The number of hydrogen-bond donors (Lipinski definition) is 1. The second kappa shape index (κ2) is 4.78. The topological polar surface area (TPSA) is 15.8 Å². The third-order valence-electron chi connectivity index (χ3n) is 4.93. The van der Waals surface area contributed by atoms with E-state index in [1.54, 1.807) is 0 Å². The lowest BCUT2D eigenvalue weighted by molar-refractivity contribution is 0.579. The first-order valence-corrected chi connectivity index (χ1v) is 7.88. The Labute approximate surface area is 131 Å². The lowest BCUT2D eigenvalue weighted by atomic mass is 9.70. The Hall–Kier alpha value is -2.46. The minimum atomic E-state index is -0.315. The van der Waals surface area contributed by atoms with Crippen LogP contribution in [0.25, 0.3) is 10.9 Å². The quantitative estimate of drug-likeness (QED) is 0.665. The van der Waals surface area contributed by atoms with E-state index in [1.165, 1.54) is 40.6 Å². The van der Waals surface area contributed by atoms with E-state index < -0.39 is 0 Å². The second-order valence-electron chi connectivity index (χ2n) is 6.26. The van der Waals surface area contributed by atoms with Gasteiger partial charge in [0.15, 0.2) is 0 Å². The molecule has 1 heteroatoms. The minimum Gasteiger partial charge on any atom is -0.358 e. The van der Waals surface area contributed by atoms with Crippen molar-refractivity contribution in [2.24, 2.45) is 5.92 Å². The first-order chi connectivity index (χ1) is 10.8. The van der Waals surface area contributed by atoms with Crippen LogP contribution in [-0.2, 0) is 5.41 Å². The molecule has 2 aromatic carbocycles. The van der Waals surface area contributed by atoms with Gasteiger partial charge in [0.25, 0.3) is 0 Å². The second-order valence-corrected chi connectivity index (χ2v) is 6.26. The van der Waals surface area contributed by atoms with Gasteiger partial charge in [0.2, 0.25) is 0 Å². The molecule has 3 aromatic rings. The predicted molar refractivity (Wildman–Crippen MR) is 91.8 cm³/mol. The molecule has 4 rings (SSSR count). The fraction of sp³-hybridized carbons (Fsp3) is 0.238. The summed E-state index contributed by atoms with van der Waals surface area (Å²) in [6.07, 6.45) is 8.58. The van der Waals surface area contributed by atoms with Gasteiger partial charge in [-0.05, 0) is 37.3 Å². The zero-order valence-electron chi connectivity index (χ0n) is 12.8. The maximum Gasteiger partial charge on any atom is 0.0860 e. The molecule has 0 spiro atoms. The maximum atomic E-state index is 6.17. The number of hydrogen-bond acceptors (Lipinski definition) is 0. The van der Waals surface area contributed by atoms with Crippen molar-refractivity contribution in [2.45, 2.75) is 25.2 Å². The van der Waals surface area contributed by atoms with Gasteiger partial charge in [-0.2, -0.15) is 0 Å². The molecule has 1 unspecified atom stereocenters. The summed E-state index contributed by atoms with van der Waals surface area (Å²) in [5, 5.41) is 1.26. The van der Waals surface area contributed by atoms with Gasteiger partial charge >= 0.3 is 0 Å². The van der Waals surface area contributed by atoms with E-state index in [9.17, 15) is 0 Å². The highest BCUT2D eigenvalue weighted by molar-refractivity contribution is 5.87. The summed E-state index contributed by atoms with van der Waals surface area (Å²) in [6.45, 7) is 2.15. The number of benzene rings is 2. The van der Waals surface area contributed by atoms with Crippen molar-refractivity contribution >= 4 is 10.9 Å². The Morgan fingerprint density at radius 1 is 1.05 bits per heavy atom. The summed E-state index contributed by atoms with van der Waals surface area (Å²) in [5.74, 6) is 3.75. The van der Waals surface area contributed by atoms with Gasteiger partial charge in [-0.3, -0.25) is 0 Å². The van der Waals surface area contributed by atoms with Crippen LogP contribution in [0.5, 0.6) is 0 Å². The Kier molecular flexibility index (Phi) is 2.87. The molecule has 1 heterocycles.